The predicted octanol–water partition coefficient (Wildman–Crippen LogP) is 0.879. The van der Waals surface area contributed by atoms with Crippen molar-refractivity contribution < 1.29 is 24.9 Å². The molecule has 0 unspecified atom stereocenters. The summed E-state index contributed by atoms with van der Waals surface area (Å²) in [6.45, 7) is 4.35. The highest BCUT2D eigenvalue weighted by atomic mass is 16.4. The monoisotopic (exact) mass is 216 g/mol. The Morgan fingerprint density at radius 3 is 2.20 bits per heavy atom. The zero-order valence-electron chi connectivity index (χ0n) is 9.02. The SMILES string of the molecule is C/C(=C\C(=O)O)C[C@@H](C)[C@](C)(O)C(=O)O. The van der Waals surface area contributed by atoms with Crippen molar-refractivity contribution in [2.24, 2.45) is 5.92 Å². The lowest BCUT2D eigenvalue weighted by Gasteiger charge is -2.25. The van der Waals surface area contributed by atoms with Gasteiger partial charge in [0.15, 0.2) is 5.60 Å². The van der Waals surface area contributed by atoms with Gasteiger partial charge in [0.1, 0.15) is 0 Å². The summed E-state index contributed by atoms with van der Waals surface area (Å²) >= 11 is 0. The van der Waals surface area contributed by atoms with Crippen molar-refractivity contribution in [2.45, 2.75) is 32.8 Å². The topological polar surface area (TPSA) is 94.8 Å². The van der Waals surface area contributed by atoms with E-state index < -0.39 is 23.5 Å². The predicted molar refractivity (Wildman–Crippen MR) is 53.4 cm³/mol. The highest BCUT2D eigenvalue weighted by Crippen LogP contribution is 2.23. The fourth-order valence-electron chi connectivity index (χ4n) is 1.16. The van der Waals surface area contributed by atoms with Crippen LogP contribution in [0.3, 0.4) is 0 Å². The number of aliphatic carboxylic acids is 2. The summed E-state index contributed by atoms with van der Waals surface area (Å²) in [6.07, 6.45) is 1.24. The van der Waals surface area contributed by atoms with Gasteiger partial charge in [-0.25, -0.2) is 9.59 Å². The Kier molecular flexibility index (Phi) is 4.48. The normalized spacial score (nSPS) is 18.0. The molecule has 0 spiro atoms. The van der Waals surface area contributed by atoms with E-state index in [1.54, 1.807) is 13.8 Å². The molecular formula is C10H16O5. The van der Waals surface area contributed by atoms with Gasteiger partial charge in [0.05, 0.1) is 0 Å². The quantitative estimate of drug-likeness (QED) is 0.593. The Labute approximate surface area is 88.0 Å². The molecule has 5 nitrogen and oxygen atoms in total. The van der Waals surface area contributed by atoms with E-state index in [-0.39, 0.29) is 6.42 Å². The lowest BCUT2D eigenvalue weighted by Crippen LogP contribution is -2.41. The summed E-state index contributed by atoms with van der Waals surface area (Å²) in [4.78, 5) is 21.0. The highest BCUT2D eigenvalue weighted by molar-refractivity contribution is 5.80. The molecule has 0 aliphatic rings. The molecular weight excluding hydrogens is 200 g/mol. The molecule has 0 bridgehead atoms. The zero-order chi connectivity index (χ0) is 12.2. The van der Waals surface area contributed by atoms with E-state index in [0.717, 1.165) is 6.08 Å². The number of allylic oxidation sites excluding steroid dienone is 1. The molecule has 0 saturated heterocycles. The number of aliphatic hydroxyl groups is 1. The molecule has 0 rings (SSSR count). The minimum absolute atomic E-state index is 0.228. The van der Waals surface area contributed by atoms with E-state index in [9.17, 15) is 14.7 Å². The summed E-state index contributed by atoms with van der Waals surface area (Å²) < 4.78 is 0. The highest BCUT2D eigenvalue weighted by Gasteiger charge is 2.36. The molecule has 0 fully saturated rings. The van der Waals surface area contributed by atoms with E-state index >= 15 is 0 Å². The van der Waals surface area contributed by atoms with Crippen molar-refractivity contribution in [2.75, 3.05) is 0 Å². The van der Waals surface area contributed by atoms with Crippen molar-refractivity contribution in [1.82, 2.24) is 0 Å². The Hall–Kier alpha value is -1.36. The van der Waals surface area contributed by atoms with Crippen molar-refractivity contribution in [3.05, 3.63) is 11.6 Å². The largest absolute Gasteiger partial charge is 0.479 e. The van der Waals surface area contributed by atoms with Crippen LogP contribution in [0, 0.1) is 5.92 Å². The van der Waals surface area contributed by atoms with E-state index in [1.165, 1.54) is 6.92 Å². The smallest absolute Gasteiger partial charge is 0.335 e. The van der Waals surface area contributed by atoms with Crippen molar-refractivity contribution in [3.8, 4) is 0 Å². The van der Waals surface area contributed by atoms with Gasteiger partial charge in [-0.2, -0.15) is 0 Å². The maximum absolute atomic E-state index is 10.7. The van der Waals surface area contributed by atoms with E-state index in [0.29, 0.717) is 5.57 Å². The third kappa shape index (κ3) is 4.12. The maximum Gasteiger partial charge on any atom is 0.335 e. The number of hydrogen-bond acceptors (Lipinski definition) is 3. The molecule has 0 aromatic rings. The van der Waals surface area contributed by atoms with Gasteiger partial charge in [-0.05, 0) is 26.2 Å². The van der Waals surface area contributed by atoms with E-state index in [4.69, 9.17) is 10.2 Å². The lowest BCUT2D eigenvalue weighted by atomic mass is 9.86. The Morgan fingerprint density at radius 1 is 1.40 bits per heavy atom. The van der Waals surface area contributed by atoms with Gasteiger partial charge in [-0.1, -0.05) is 12.5 Å². The molecule has 15 heavy (non-hydrogen) atoms. The van der Waals surface area contributed by atoms with Crippen LogP contribution in [0.2, 0.25) is 0 Å². The van der Waals surface area contributed by atoms with Crippen molar-refractivity contribution in [3.63, 3.8) is 0 Å². The fraction of sp³-hybridized carbons (Fsp3) is 0.600. The minimum Gasteiger partial charge on any atom is -0.479 e. The van der Waals surface area contributed by atoms with Gasteiger partial charge < -0.3 is 15.3 Å². The molecule has 0 aliphatic carbocycles. The van der Waals surface area contributed by atoms with Gasteiger partial charge in [0.25, 0.3) is 0 Å². The summed E-state index contributed by atoms with van der Waals surface area (Å²) in [7, 11) is 0. The number of carbonyl (C=O) groups is 2. The van der Waals surface area contributed by atoms with Gasteiger partial charge in [-0.3, -0.25) is 0 Å². The third-order valence-corrected chi connectivity index (χ3v) is 2.39. The molecule has 2 atom stereocenters. The van der Waals surface area contributed by atoms with E-state index in [2.05, 4.69) is 0 Å². The molecule has 0 saturated carbocycles. The van der Waals surface area contributed by atoms with Crippen LogP contribution in [0.25, 0.3) is 0 Å². The summed E-state index contributed by atoms with van der Waals surface area (Å²) in [5.74, 6) is -2.93. The third-order valence-electron chi connectivity index (χ3n) is 2.39. The molecule has 0 heterocycles. The van der Waals surface area contributed by atoms with Crippen LogP contribution in [-0.4, -0.2) is 32.9 Å². The van der Waals surface area contributed by atoms with Crippen LogP contribution in [0.1, 0.15) is 27.2 Å². The Balaban J connectivity index is 4.56. The number of rotatable bonds is 5. The first-order valence-corrected chi connectivity index (χ1v) is 4.53. The molecule has 0 aromatic heterocycles. The van der Waals surface area contributed by atoms with Crippen LogP contribution in [0.4, 0.5) is 0 Å². The van der Waals surface area contributed by atoms with Crippen LogP contribution in [0.5, 0.6) is 0 Å². The van der Waals surface area contributed by atoms with Crippen molar-refractivity contribution in [1.29, 1.82) is 0 Å². The molecule has 86 valence electrons. The van der Waals surface area contributed by atoms with Crippen LogP contribution < -0.4 is 0 Å². The zero-order valence-corrected chi connectivity index (χ0v) is 9.02. The van der Waals surface area contributed by atoms with E-state index in [1.807, 2.05) is 0 Å². The second kappa shape index (κ2) is 4.93. The number of hydrogen-bond donors (Lipinski definition) is 3. The molecule has 3 N–H and O–H groups in total. The standard InChI is InChI=1S/C10H16O5/c1-6(5-8(11)12)4-7(2)10(3,15)9(13)14/h5,7,15H,4H2,1-3H3,(H,11,12)(H,13,14)/b6-5+/t7-,10+/m1/s1. The first kappa shape index (κ1) is 13.6. The van der Waals surface area contributed by atoms with Crippen LogP contribution in [0.15, 0.2) is 11.6 Å². The minimum atomic E-state index is -1.84. The maximum atomic E-state index is 10.7. The molecule has 5 heteroatoms. The molecule has 0 radical (unpaired) electrons. The number of carboxylic acid groups (broad SMARTS) is 2. The molecule has 0 aliphatic heterocycles. The summed E-state index contributed by atoms with van der Waals surface area (Å²) in [5, 5.41) is 26.7. The Bertz CT molecular complexity index is 290. The molecule has 0 amide bonds. The van der Waals surface area contributed by atoms with Gasteiger partial charge in [-0.15, -0.1) is 0 Å². The van der Waals surface area contributed by atoms with Gasteiger partial charge >= 0.3 is 11.9 Å². The fourth-order valence-corrected chi connectivity index (χ4v) is 1.16. The average molecular weight is 216 g/mol. The Morgan fingerprint density at radius 2 is 1.87 bits per heavy atom. The number of carboxylic acids is 2. The van der Waals surface area contributed by atoms with Gasteiger partial charge in [0.2, 0.25) is 0 Å². The van der Waals surface area contributed by atoms with Crippen LogP contribution in [-0.2, 0) is 9.59 Å². The second-order valence-electron chi connectivity index (χ2n) is 3.89. The summed E-state index contributed by atoms with van der Waals surface area (Å²) in [5.41, 5.74) is -1.32. The van der Waals surface area contributed by atoms with Crippen molar-refractivity contribution >= 4 is 11.9 Å². The summed E-state index contributed by atoms with van der Waals surface area (Å²) in [6, 6.07) is 0. The molecule has 0 aromatic carbocycles. The lowest BCUT2D eigenvalue weighted by molar-refractivity contribution is -0.161. The van der Waals surface area contributed by atoms with Crippen LogP contribution >= 0.6 is 0 Å². The first-order valence-electron chi connectivity index (χ1n) is 4.53. The second-order valence-corrected chi connectivity index (χ2v) is 3.89. The average Bonchev–Trinajstić information content (AvgIpc) is 2.01. The van der Waals surface area contributed by atoms with Gasteiger partial charge in [0, 0.05) is 6.08 Å². The first-order chi connectivity index (χ1) is 6.67.